The van der Waals surface area contributed by atoms with E-state index >= 15 is 0 Å². The molecule has 0 bridgehead atoms. The molecule has 2 aliphatic heterocycles. The predicted molar refractivity (Wildman–Crippen MR) is 101 cm³/mol. The molecule has 3 amide bonds. The smallest absolute Gasteiger partial charge is 0.254 e. The van der Waals surface area contributed by atoms with Crippen molar-refractivity contribution in [3.63, 3.8) is 0 Å². The van der Waals surface area contributed by atoms with Crippen molar-refractivity contribution in [3.05, 3.63) is 35.4 Å². The van der Waals surface area contributed by atoms with E-state index in [2.05, 4.69) is 16.0 Å². The molecule has 2 aliphatic rings. The van der Waals surface area contributed by atoms with Crippen LogP contribution < -0.4 is 16.0 Å². The molecule has 1 atom stereocenters. The summed E-state index contributed by atoms with van der Waals surface area (Å²) in [6.45, 7) is 2.51. The summed E-state index contributed by atoms with van der Waals surface area (Å²) in [4.78, 5) is 37.4. The number of hydrogen-bond acceptors (Lipinski definition) is 5. The van der Waals surface area contributed by atoms with Gasteiger partial charge in [0, 0.05) is 55.7 Å². The molecule has 2 fully saturated rings. The van der Waals surface area contributed by atoms with Crippen LogP contribution in [0.1, 0.15) is 22.3 Å². The molecule has 140 valence electrons. The number of benzene rings is 1. The van der Waals surface area contributed by atoms with Crippen LogP contribution in [0.4, 0.5) is 0 Å². The Morgan fingerprint density at radius 2 is 2.04 bits per heavy atom. The van der Waals surface area contributed by atoms with Gasteiger partial charge in [0.25, 0.3) is 5.91 Å². The first-order valence-electron chi connectivity index (χ1n) is 8.84. The average molecular weight is 376 g/mol. The van der Waals surface area contributed by atoms with E-state index in [1.54, 1.807) is 17.0 Å². The summed E-state index contributed by atoms with van der Waals surface area (Å²) in [5.74, 6) is 1.83. The van der Waals surface area contributed by atoms with Crippen LogP contribution in [-0.4, -0.2) is 66.3 Å². The van der Waals surface area contributed by atoms with Gasteiger partial charge in [-0.25, -0.2) is 0 Å². The number of hydrogen-bond donors (Lipinski definition) is 3. The highest BCUT2D eigenvalue weighted by atomic mass is 32.2. The van der Waals surface area contributed by atoms with Crippen LogP contribution in [0, 0.1) is 0 Å². The number of amides is 3. The number of nitrogens with one attached hydrogen (secondary N) is 3. The zero-order valence-corrected chi connectivity index (χ0v) is 15.4. The Kier molecular flexibility index (Phi) is 6.51. The highest BCUT2D eigenvalue weighted by Crippen LogP contribution is 2.11. The van der Waals surface area contributed by atoms with Gasteiger partial charge >= 0.3 is 0 Å². The maximum absolute atomic E-state index is 12.4. The van der Waals surface area contributed by atoms with Crippen LogP contribution in [0.15, 0.2) is 24.3 Å². The second kappa shape index (κ2) is 9.05. The Morgan fingerprint density at radius 1 is 1.23 bits per heavy atom. The van der Waals surface area contributed by atoms with E-state index in [0.29, 0.717) is 31.6 Å². The van der Waals surface area contributed by atoms with Crippen molar-refractivity contribution >= 4 is 29.5 Å². The van der Waals surface area contributed by atoms with Gasteiger partial charge in [0.1, 0.15) is 0 Å². The third-order valence-corrected chi connectivity index (χ3v) is 5.58. The molecule has 26 heavy (non-hydrogen) atoms. The lowest BCUT2D eigenvalue weighted by Gasteiger charge is -2.26. The van der Waals surface area contributed by atoms with Crippen LogP contribution in [0.2, 0.25) is 0 Å². The van der Waals surface area contributed by atoms with E-state index in [4.69, 9.17) is 0 Å². The Hall–Kier alpha value is -2.06. The van der Waals surface area contributed by atoms with E-state index in [0.717, 1.165) is 23.6 Å². The average Bonchev–Trinajstić information content (AvgIpc) is 2.67. The van der Waals surface area contributed by atoms with Crippen molar-refractivity contribution in [1.29, 1.82) is 0 Å². The molecule has 3 rings (SSSR count). The predicted octanol–water partition coefficient (Wildman–Crippen LogP) is -0.0301. The minimum Gasteiger partial charge on any atom is -0.353 e. The first kappa shape index (κ1) is 18.7. The number of piperazine rings is 1. The van der Waals surface area contributed by atoms with E-state index in [1.165, 1.54) is 0 Å². The molecule has 7 nitrogen and oxygen atoms in total. The molecule has 0 saturated carbocycles. The second-order valence-corrected chi connectivity index (χ2v) is 7.63. The van der Waals surface area contributed by atoms with Crippen LogP contribution in [0.3, 0.4) is 0 Å². The summed E-state index contributed by atoms with van der Waals surface area (Å²) in [7, 11) is 0. The van der Waals surface area contributed by atoms with E-state index in [1.807, 2.05) is 23.9 Å². The molecule has 2 heterocycles. The van der Waals surface area contributed by atoms with Gasteiger partial charge in [-0.3, -0.25) is 14.4 Å². The quantitative estimate of drug-likeness (QED) is 0.671. The first-order valence-corrected chi connectivity index (χ1v) is 10.00. The Balaban J connectivity index is 1.47. The largest absolute Gasteiger partial charge is 0.353 e. The highest BCUT2D eigenvalue weighted by molar-refractivity contribution is 7.99. The minimum absolute atomic E-state index is 0.0319. The highest BCUT2D eigenvalue weighted by Gasteiger charge is 2.22. The number of carbonyl (C=O) groups excluding carboxylic acids is 3. The summed E-state index contributed by atoms with van der Waals surface area (Å²) in [5.41, 5.74) is 1.50. The summed E-state index contributed by atoms with van der Waals surface area (Å²) < 4.78 is 0. The monoisotopic (exact) mass is 376 g/mol. The van der Waals surface area contributed by atoms with Crippen molar-refractivity contribution in [1.82, 2.24) is 20.9 Å². The Labute approximate surface area is 157 Å². The maximum Gasteiger partial charge on any atom is 0.254 e. The second-order valence-electron chi connectivity index (χ2n) is 6.48. The van der Waals surface area contributed by atoms with Gasteiger partial charge < -0.3 is 20.9 Å². The minimum atomic E-state index is -0.142. The first-order chi connectivity index (χ1) is 12.6. The van der Waals surface area contributed by atoms with Gasteiger partial charge in [0.05, 0.1) is 6.54 Å². The molecule has 0 aromatic heterocycles. The van der Waals surface area contributed by atoms with Crippen molar-refractivity contribution in [2.75, 3.05) is 37.7 Å². The van der Waals surface area contributed by atoms with E-state index < -0.39 is 0 Å². The molecule has 1 aromatic rings. The number of thioether (sulfide) groups is 1. The normalized spacial score (nSPS) is 20.4. The van der Waals surface area contributed by atoms with Gasteiger partial charge in [-0.05, 0) is 17.7 Å². The van der Waals surface area contributed by atoms with Gasteiger partial charge in [-0.15, -0.1) is 0 Å². The summed E-state index contributed by atoms with van der Waals surface area (Å²) in [6, 6.07) is 7.42. The molecule has 0 spiro atoms. The van der Waals surface area contributed by atoms with Crippen molar-refractivity contribution in [2.24, 2.45) is 0 Å². The van der Waals surface area contributed by atoms with Gasteiger partial charge in [-0.1, -0.05) is 12.1 Å². The lowest BCUT2D eigenvalue weighted by molar-refractivity contribution is -0.123. The maximum atomic E-state index is 12.4. The molecule has 0 aliphatic carbocycles. The van der Waals surface area contributed by atoms with E-state index in [9.17, 15) is 14.4 Å². The molecule has 2 saturated heterocycles. The van der Waals surface area contributed by atoms with Crippen molar-refractivity contribution < 1.29 is 14.4 Å². The fourth-order valence-electron chi connectivity index (χ4n) is 3.01. The molecule has 8 heteroatoms. The molecular formula is C18H24N4O3S. The summed E-state index contributed by atoms with van der Waals surface area (Å²) in [6.07, 6.45) is 0.487. The molecule has 1 aromatic carbocycles. The van der Waals surface area contributed by atoms with Crippen LogP contribution in [0.25, 0.3) is 0 Å². The van der Waals surface area contributed by atoms with E-state index in [-0.39, 0.29) is 30.3 Å². The zero-order valence-electron chi connectivity index (χ0n) is 14.6. The summed E-state index contributed by atoms with van der Waals surface area (Å²) >= 11 is 1.87. The summed E-state index contributed by atoms with van der Waals surface area (Å²) in [5, 5.41) is 8.98. The molecule has 1 unspecified atom stereocenters. The number of carbonyl (C=O) groups is 3. The Bertz CT molecular complexity index is 659. The van der Waals surface area contributed by atoms with Crippen LogP contribution >= 0.6 is 11.8 Å². The van der Waals surface area contributed by atoms with Crippen molar-refractivity contribution in [2.45, 2.75) is 19.0 Å². The molecular weight excluding hydrogens is 352 g/mol. The zero-order chi connectivity index (χ0) is 18.4. The third kappa shape index (κ3) is 5.22. The fourth-order valence-corrected chi connectivity index (χ4v) is 3.96. The Morgan fingerprint density at radius 3 is 2.73 bits per heavy atom. The number of nitrogens with zero attached hydrogens (tertiary/aromatic N) is 1. The van der Waals surface area contributed by atoms with Gasteiger partial charge in [0.2, 0.25) is 11.8 Å². The van der Waals surface area contributed by atoms with Crippen LogP contribution in [0.5, 0.6) is 0 Å². The lowest BCUT2D eigenvalue weighted by Crippen LogP contribution is -2.49. The third-order valence-electron chi connectivity index (χ3n) is 4.45. The van der Waals surface area contributed by atoms with Crippen molar-refractivity contribution in [3.8, 4) is 0 Å². The molecule has 3 N–H and O–H groups in total. The van der Waals surface area contributed by atoms with Crippen LogP contribution in [-0.2, 0) is 16.1 Å². The SMILES string of the molecule is O=C(CC1CSCCN1)NCc1ccc(C(=O)N2CCNC(=O)C2)cc1. The van der Waals surface area contributed by atoms with Gasteiger partial charge in [-0.2, -0.15) is 11.8 Å². The number of rotatable bonds is 5. The molecule has 0 radical (unpaired) electrons. The lowest BCUT2D eigenvalue weighted by atomic mass is 10.1. The fraction of sp³-hybridized carbons (Fsp3) is 0.500. The topological polar surface area (TPSA) is 90.5 Å². The standard InChI is InChI=1S/C18H24N4O3S/c23-16(9-15-12-26-8-6-19-15)21-10-13-1-3-14(4-2-13)18(25)22-7-5-20-17(24)11-22/h1-4,15,19H,5-12H2,(H,20,24)(H,21,23). The van der Waals surface area contributed by atoms with Gasteiger partial charge in [0.15, 0.2) is 0 Å².